The normalized spacial score (nSPS) is 27.7. The molecule has 0 aromatic heterocycles. The molecule has 0 radical (unpaired) electrons. The smallest absolute Gasteiger partial charge is 0.410 e. The zero-order valence-electron chi connectivity index (χ0n) is 14.7. The van der Waals surface area contributed by atoms with E-state index in [9.17, 15) is 9.18 Å². The number of aliphatic imine (C=N–C) groups is 1. The summed E-state index contributed by atoms with van der Waals surface area (Å²) in [4.78, 5) is 15.7. The van der Waals surface area contributed by atoms with Crippen LogP contribution in [0.5, 0.6) is 0 Å². The highest BCUT2D eigenvalue weighted by Gasteiger charge is 2.52. The number of benzene rings is 1. The molecular formula is C18H24FN3O3S. The summed E-state index contributed by atoms with van der Waals surface area (Å²) in [6, 6.07) is 4.49. The van der Waals surface area contributed by atoms with E-state index in [0.29, 0.717) is 35.2 Å². The zero-order chi connectivity index (χ0) is 18.7. The monoisotopic (exact) mass is 381 g/mol. The molecule has 1 aliphatic heterocycles. The van der Waals surface area contributed by atoms with Crippen LogP contribution in [0.25, 0.3) is 0 Å². The van der Waals surface area contributed by atoms with Crippen LogP contribution in [-0.4, -0.2) is 34.8 Å². The van der Waals surface area contributed by atoms with Gasteiger partial charge in [-0.25, -0.2) is 9.18 Å². The second kappa shape index (κ2) is 7.84. The maximum atomic E-state index is 14.7. The van der Waals surface area contributed by atoms with Crippen molar-refractivity contribution >= 4 is 28.7 Å². The number of hydrogen-bond donors (Lipinski definition) is 3. The van der Waals surface area contributed by atoms with Crippen molar-refractivity contribution in [2.75, 3.05) is 18.1 Å². The highest BCUT2D eigenvalue weighted by Crippen LogP contribution is 2.52. The first kappa shape index (κ1) is 19.0. The summed E-state index contributed by atoms with van der Waals surface area (Å²) in [5.74, 6) is 0.347. The molecule has 8 heteroatoms. The van der Waals surface area contributed by atoms with E-state index >= 15 is 0 Å². The van der Waals surface area contributed by atoms with Crippen LogP contribution in [0, 0.1) is 11.7 Å². The third-order valence-electron chi connectivity index (χ3n) is 5.01. The molecule has 1 amide bonds. The number of halogens is 1. The standard InChI is InChI=1S/C18H24FN3O3S/c1-2-3-6-25-13-7-11-10-26-16(21-17(23)24)22-18(11,9-13)14-8-12(20)4-5-15(14)19/h4-5,8,11,13H,2-3,6-7,9-10,20H2,1H3,(H,21,22)(H,23,24)/t11-,13-,18-/m0/s1. The lowest BCUT2D eigenvalue weighted by atomic mass is 9.81. The summed E-state index contributed by atoms with van der Waals surface area (Å²) >= 11 is 1.35. The van der Waals surface area contributed by atoms with Crippen LogP contribution < -0.4 is 11.1 Å². The van der Waals surface area contributed by atoms with Gasteiger partial charge in [0.05, 0.1) is 11.6 Å². The number of nitrogens with two attached hydrogens (primary N) is 1. The molecule has 1 heterocycles. The highest BCUT2D eigenvalue weighted by atomic mass is 32.2. The number of thioether (sulfide) groups is 1. The van der Waals surface area contributed by atoms with Crippen LogP contribution >= 0.6 is 11.8 Å². The first-order chi connectivity index (χ1) is 12.4. The van der Waals surface area contributed by atoms with E-state index in [1.54, 1.807) is 6.07 Å². The lowest BCUT2D eigenvalue weighted by Gasteiger charge is -2.36. The number of nitrogens with one attached hydrogen (secondary N) is 1. The van der Waals surface area contributed by atoms with Crippen molar-refractivity contribution in [1.82, 2.24) is 5.32 Å². The molecule has 1 aromatic rings. The molecule has 0 unspecified atom stereocenters. The summed E-state index contributed by atoms with van der Waals surface area (Å²) in [5, 5.41) is 11.7. The molecule has 1 fully saturated rings. The number of carbonyl (C=O) groups is 1. The van der Waals surface area contributed by atoms with Crippen molar-refractivity contribution in [1.29, 1.82) is 0 Å². The van der Waals surface area contributed by atoms with Gasteiger partial charge in [-0.3, -0.25) is 10.3 Å². The molecule has 4 N–H and O–H groups in total. The van der Waals surface area contributed by atoms with Gasteiger partial charge < -0.3 is 15.6 Å². The van der Waals surface area contributed by atoms with E-state index < -0.39 is 11.6 Å². The van der Waals surface area contributed by atoms with Gasteiger partial charge in [0.25, 0.3) is 0 Å². The van der Waals surface area contributed by atoms with Crippen molar-refractivity contribution in [2.45, 2.75) is 44.2 Å². The molecule has 1 aromatic carbocycles. The van der Waals surface area contributed by atoms with E-state index in [4.69, 9.17) is 15.6 Å². The van der Waals surface area contributed by atoms with Gasteiger partial charge in [0.2, 0.25) is 0 Å². The van der Waals surface area contributed by atoms with Crippen molar-refractivity contribution in [3.8, 4) is 0 Å². The number of nitrogens with zero attached hydrogens (tertiary/aromatic N) is 1. The van der Waals surface area contributed by atoms with Crippen LogP contribution in [0.1, 0.15) is 38.2 Å². The maximum absolute atomic E-state index is 14.7. The van der Waals surface area contributed by atoms with Crippen LogP contribution in [0.3, 0.4) is 0 Å². The Hall–Kier alpha value is -1.80. The molecule has 0 spiro atoms. The van der Waals surface area contributed by atoms with Crippen molar-refractivity contribution in [3.05, 3.63) is 29.6 Å². The average Bonchev–Trinajstić information content (AvgIpc) is 2.95. The van der Waals surface area contributed by atoms with Crippen LogP contribution in [0.4, 0.5) is 14.9 Å². The number of anilines is 1. The Labute approximate surface area is 156 Å². The molecule has 3 atom stereocenters. The van der Waals surface area contributed by atoms with E-state index in [1.165, 1.54) is 23.9 Å². The number of amidine groups is 1. The first-order valence-corrected chi connectivity index (χ1v) is 9.83. The number of nitrogen functional groups attached to an aromatic ring is 1. The molecule has 6 nitrogen and oxygen atoms in total. The maximum Gasteiger partial charge on any atom is 0.410 e. The Morgan fingerprint density at radius 1 is 1.58 bits per heavy atom. The molecule has 1 aliphatic carbocycles. The van der Waals surface area contributed by atoms with Gasteiger partial charge >= 0.3 is 6.09 Å². The predicted molar refractivity (Wildman–Crippen MR) is 101 cm³/mol. The molecular weight excluding hydrogens is 357 g/mol. The first-order valence-electron chi connectivity index (χ1n) is 8.84. The minimum Gasteiger partial charge on any atom is -0.465 e. The highest BCUT2D eigenvalue weighted by molar-refractivity contribution is 8.13. The minimum absolute atomic E-state index is 0.0269. The van der Waals surface area contributed by atoms with E-state index in [0.717, 1.165) is 19.3 Å². The second-order valence-corrected chi connectivity index (χ2v) is 7.81. The fourth-order valence-corrected chi connectivity index (χ4v) is 4.94. The molecule has 0 saturated heterocycles. The fraction of sp³-hybridized carbons (Fsp3) is 0.556. The molecule has 2 aliphatic rings. The number of fused-ring (bicyclic) bond motifs is 1. The quantitative estimate of drug-likeness (QED) is 0.535. The number of carboxylic acid groups (broad SMARTS) is 1. The van der Waals surface area contributed by atoms with Gasteiger partial charge in [0, 0.05) is 35.9 Å². The lowest BCUT2D eigenvalue weighted by molar-refractivity contribution is 0.0513. The zero-order valence-corrected chi connectivity index (χ0v) is 15.5. The van der Waals surface area contributed by atoms with E-state index in [1.807, 2.05) is 0 Å². The molecule has 3 rings (SSSR count). The van der Waals surface area contributed by atoms with Crippen LogP contribution in [-0.2, 0) is 10.3 Å². The summed E-state index contributed by atoms with van der Waals surface area (Å²) in [7, 11) is 0. The topological polar surface area (TPSA) is 96.9 Å². The minimum atomic E-state index is -1.17. The van der Waals surface area contributed by atoms with Crippen LogP contribution in [0.2, 0.25) is 0 Å². The molecule has 142 valence electrons. The largest absolute Gasteiger partial charge is 0.465 e. The van der Waals surface area contributed by atoms with Crippen LogP contribution in [0.15, 0.2) is 23.2 Å². The molecule has 0 bridgehead atoms. The summed E-state index contributed by atoms with van der Waals surface area (Å²) in [6.07, 6.45) is 2.12. The van der Waals surface area contributed by atoms with Gasteiger partial charge in [-0.15, -0.1) is 0 Å². The lowest BCUT2D eigenvalue weighted by Crippen LogP contribution is -2.40. The summed E-state index contributed by atoms with van der Waals surface area (Å²) in [5.41, 5.74) is 5.94. The van der Waals surface area contributed by atoms with E-state index in [2.05, 4.69) is 17.2 Å². The SMILES string of the molecule is CCCCO[C@H]1C[C@H]2CSC(NC(=O)O)=N[C@@]2(c2cc(N)ccc2F)C1. The third-order valence-corrected chi connectivity index (χ3v) is 6.04. The molecule has 26 heavy (non-hydrogen) atoms. The Balaban J connectivity index is 1.97. The third kappa shape index (κ3) is 3.81. The van der Waals surface area contributed by atoms with Gasteiger partial charge in [-0.1, -0.05) is 25.1 Å². The number of unbranched alkanes of at least 4 members (excludes halogenated alkanes) is 1. The van der Waals surface area contributed by atoms with Gasteiger partial charge in [0.15, 0.2) is 5.17 Å². The average molecular weight is 381 g/mol. The van der Waals surface area contributed by atoms with Gasteiger partial charge in [-0.2, -0.15) is 0 Å². The van der Waals surface area contributed by atoms with Crippen molar-refractivity contribution < 1.29 is 19.0 Å². The number of rotatable bonds is 5. The number of ether oxygens (including phenoxy) is 1. The van der Waals surface area contributed by atoms with Crippen molar-refractivity contribution in [3.63, 3.8) is 0 Å². The number of hydrogen-bond acceptors (Lipinski definition) is 5. The van der Waals surface area contributed by atoms with Gasteiger partial charge in [-0.05, 0) is 31.0 Å². The Kier molecular flexibility index (Phi) is 5.72. The number of amides is 1. The fourth-order valence-electron chi connectivity index (χ4n) is 3.79. The second-order valence-electron chi connectivity index (χ2n) is 6.80. The Bertz CT molecular complexity index is 715. The Morgan fingerprint density at radius 3 is 3.12 bits per heavy atom. The van der Waals surface area contributed by atoms with Gasteiger partial charge in [0.1, 0.15) is 5.82 Å². The predicted octanol–water partition coefficient (Wildman–Crippen LogP) is 3.57. The summed E-state index contributed by atoms with van der Waals surface area (Å²) < 4.78 is 20.7. The van der Waals surface area contributed by atoms with E-state index in [-0.39, 0.29) is 17.8 Å². The van der Waals surface area contributed by atoms with Crippen molar-refractivity contribution in [2.24, 2.45) is 10.9 Å². The Morgan fingerprint density at radius 2 is 2.38 bits per heavy atom. The molecule has 1 saturated carbocycles. The summed E-state index contributed by atoms with van der Waals surface area (Å²) in [6.45, 7) is 2.77.